The molecule has 0 fully saturated rings. The van der Waals surface area contributed by atoms with E-state index in [1.54, 1.807) is 0 Å². The molecule has 1 rings (SSSR count). The third-order valence-electron chi connectivity index (χ3n) is 3.31. The molecule has 0 heterocycles. The van der Waals surface area contributed by atoms with Gasteiger partial charge >= 0.3 is 0 Å². The Morgan fingerprint density at radius 3 is 2.59 bits per heavy atom. The highest BCUT2D eigenvalue weighted by atomic mass is 16.5. The molecule has 2 heteroatoms. The predicted octanol–water partition coefficient (Wildman–Crippen LogP) is 3.95. The molecule has 0 aromatic rings. The van der Waals surface area contributed by atoms with Gasteiger partial charge in [0.1, 0.15) is 0 Å². The van der Waals surface area contributed by atoms with Crippen molar-refractivity contribution in [3.8, 4) is 0 Å². The van der Waals surface area contributed by atoms with Gasteiger partial charge in [0, 0.05) is 19.8 Å². The zero-order valence-electron chi connectivity index (χ0n) is 11.5. The highest BCUT2D eigenvalue weighted by molar-refractivity contribution is 5.02. The minimum atomic E-state index is 0.344. The number of unbranched alkanes of at least 4 members (excludes halogenated alkanes) is 2. The minimum absolute atomic E-state index is 0.344. The van der Waals surface area contributed by atoms with Gasteiger partial charge < -0.3 is 9.47 Å². The standard InChI is InChI=1S/C15H28O2/c1-3-5-11-16-13-10-14-8-7-9-15(14)17-12-6-4-2/h7,9,14-15H,3-6,8,10-13H2,1-2H3/t14-,15-/m0/s1. The fraction of sp³-hybridized carbons (Fsp3) is 0.867. The maximum atomic E-state index is 5.89. The number of allylic oxidation sites excluding steroid dienone is 1. The summed E-state index contributed by atoms with van der Waals surface area (Å²) in [7, 11) is 0. The molecule has 0 spiro atoms. The van der Waals surface area contributed by atoms with Gasteiger partial charge in [-0.25, -0.2) is 0 Å². The average molecular weight is 240 g/mol. The number of ether oxygens (including phenoxy) is 2. The molecule has 1 aliphatic carbocycles. The van der Waals surface area contributed by atoms with Crippen LogP contribution in [0.5, 0.6) is 0 Å². The van der Waals surface area contributed by atoms with E-state index in [-0.39, 0.29) is 0 Å². The zero-order valence-corrected chi connectivity index (χ0v) is 11.5. The van der Waals surface area contributed by atoms with Crippen LogP contribution in [0.3, 0.4) is 0 Å². The predicted molar refractivity (Wildman–Crippen MR) is 72.2 cm³/mol. The molecule has 1 aliphatic rings. The van der Waals surface area contributed by atoms with Crippen LogP contribution in [0.1, 0.15) is 52.4 Å². The first-order valence-corrected chi connectivity index (χ1v) is 7.24. The molecule has 0 N–H and O–H groups in total. The highest BCUT2D eigenvalue weighted by Gasteiger charge is 2.22. The lowest BCUT2D eigenvalue weighted by Gasteiger charge is -2.19. The fourth-order valence-corrected chi connectivity index (χ4v) is 2.10. The van der Waals surface area contributed by atoms with Crippen LogP contribution in [0, 0.1) is 5.92 Å². The Bertz CT molecular complexity index is 201. The lowest BCUT2D eigenvalue weighted by Crippen LogP contribution is -2.20. The molecule has 0 unspecified atom stereocenters. The van der Waals surface area contributed by atoms with Crippen LogP contribution in [0.25, 0.3) is 0 Å². The molecule has 0 aromatic carbocycles. The van der Waals surface area contributed by atoms with Crippen LogP contribution in [0.4, 0.5) is 0 Å². The molecule has 0 bridgehead atoms. The van der Waals surface area contributed by atoms with Crippen LogP contribution >= 0.6 is 0 Å². The average Bonchev–Trinajstić information content (AvgIpc) is 2.77. The monoisotopic (exact) mass is 240 g/mol. The smallest absolute Gasteiger partial charge is 0.0787 e. The summed E-state index contributed by atoms with van der Waals surface area (Å²) in [6, 6.07) is 0. The Labute approximate surface area is 106 Å². The summed E-state index contributed by atoms with van der Waals surface area (Å²) in [4.78, 5) is 0. The van der Waals surface area contributed by atoms with Crippen LogP contribution in [0.2, 0.25) is 0 Å². The summed E-state index contributed by atoms with van der Waals surface area (Å²) in [5, 5.41) is 0. The van der Waals surface area contributed by atoms with Crippen molar-refractivity contribution in [2.75, 3.05) is 19.8 Å². The molecule has 0 saturated heterocycles. The number of hydrogen-bond acceptors (Lipinski definition) is 2. The van der Waals surface area contributed by atoms with Crippen molar-refractivity contribution in [1.29, 1.82) is 0 Å². The molecule has 2 atom stereocenters. The van der Waals surface area contributed by atoms with Gasteiger partial charge in [0.2, 0.25) is 0 Å². The van der Waals surface area contributed by atoms with E-state index >= 15 is 0 Å². The first kappa shape index (κ1) is 14.7. The summed E-state index contributed by atoms with van der Waals surface area (Å²) in [6.07, 6.45) is 11.9. The molecule has 2 nitrogen and oxygen atoms in total. The largest absolute Gasteiger partial charge is 0.381 e. The first-order chi connectivity index (χ1) is 8.38. The summed E-state index contributed by atoms with van der Waals surface area (Å²) >= 11 is 0. The summed E-state index contributed by atoms with van der Waals surface area (Å²) in [5.41, 5.74) is 0. The van der Waals surface area contributed by atoms with Gasteiger partial charge in [0.05, 0.1) is 6.10 Å². The van der Waals surface area contributed by atoms with Crippen LogP contribution < -0.4 is 0 Å². The Balaban J connectivity index is 2.06. The Hall–Kier alpha value is -0.340. The lowest BCUT2D eigenvalue weighted by molar-refractivity contribution is 0.0332. The summed E-state index contributed by atoms with van der Waals surface area (Å²) < 4.78 is 11.5. The molecule has 0 aromatic heterocycles. The lowest BCUT2D eigenvalue weighted by atomic mass is 10.0. The van der Waals surface area contributed by atoms with Gasteiger partial charge in [-0.1, -0.05) is 38.8 Å². The van der Waals surface area contributed by atoms with Crippen molar-refractivity contribution >= 4 is 0 Å². The van der Waals surface area contributed by atoms with Crippen molar-refractivity contribution in [3.05, 3.63) is 12.2 Å². The van der Waals surface area contributed by atoms with E-state index < -0.39 is 0 Å². The molecular formula is C15H28O2. The molecule has 100 valence electrons. The Morgan fingerprint density at radius 1 is 1.06 bits per heavy atom. The molecule has 17 heavy (non-hydrogen) atoms. The highest BCUT2D eigenvalue weighted by Crippen LogP contribution is 2.25. The molecule has 0 saturated carbocycles. The number of hydrogen-bond donors (Lipinski definition) is 0. The SMILES string of the molecule is CCCCOCC[C@@H]1CC=C[C@@H]1OCCCC. The van der Waals surface area contributed by atoms with Gasteiger partial charge in [-0.3, -0.25) is 0 Å². The van der Waals surface area contributed by atoms with E-state index in [2.05, 4.69) is 26.0 Å². The van der Waals surface area contributed by atoms with Crippen molar-refractivity contribution in [3.63, 3.8) is 0 Å². The second-order valence-electron chi connectivity index (χ2n) is 4.87. The quantitative estimate of drug-likeness (QED) is 0.425. The summed E-state index contributed by atoms with van der Waals surface area (Å²) in [6.45, 7) is 7.10. The van der Waals surface area contributed by atoms with Crippen LogP contribution in [-0.4, -0.2) is 25.9 Å². The van der Waals surface area contributed by atoms with Gasteiger partial charge in [-0.05, 0) is 31.6 Å². The second-order valence-corrected chi connectivity index (χ2v) is 4.87. The second kappa shape index (κ2) is 9.67. The Kier molecular flexibility index (Phi) is 8.37. The van der Waals surface area contributed by atoms with E-state index in [1.165, 1.54) is 25.7 Å². The van der Waals surface area contributed by atoms with E-state index in [9.17, 15) is 0 Å². The van der Waals surface area contributed by atoms with Crippen molar-refractivity contribution < 1.29 is 9.47 Å². The van der Waals surface area contributed by atoms with Gasteiger partial charge in [-0.2, -0.15) is 0 Å². The molecule has 0 amide bonds. The van der Waals surface area contributed by atoms with Gasteiger partial charge in [0.15, 0.2) is 0 Å². The normalized spacial score (nSPS) is 23.4. The van der Waals surface area contributed by atoms with Crippen LogP contribution in [0.15, 0.2) is 12.2 Å². The van der Waals surface area contributed by atoms with E-state index in [1.807, 2.05) is 0 Å². The minimum Gasteiger partial charge on any atom is -0.381 e. The van der Waals surface area contributed by atoms with Crippen molar-refractivity contribution in [2.45, 2.75) is 58.5 Å². The maximum absolute atomic E-state index is 5.89. The van der Waals surface area contributed by atoms with E-state index in [4.69, 9.17) is 9.47 Å². The fourth-order valence-electron chi connectivity index (χ4n) is 2.10. The van der Waals surface area contributed by atoms with Crippen molar-refractivity contribution in [2.24, 2.45) is 5.92 Å². The van der Waals surface area contributed by atoms with Crippen LogP contribution in [-0.2, 0) is 9.47 Å². The van der Waals surface area contributed by atoms with Gasteiger partial charge in [-0.15, -0.1) is 0 Å². The van der Waals surface area contributed by atoms with Gasteiger partial charge in [0.25, 0.3) is 0 Å². The molecule has 0 radical (unpaired) electrons. The third kappa shape index (κ3) is 6.23. The maximum Gasteiger partial charge on any atom is 0.0787 e. The Morgan fingerprint density at radius 2 is 1.82 bits per heavy atom. The number of rotatable bonds is 10. The summed E-state index contributed by atoms with van der Waals surface area (Å²) in [5.74, 6) is 0.647. The van der Waals surface area contributed by atoms with E-state index in [0.29, 0.717) is 12.0 Å². The topological polar surface area (TPSA) is 18.5 Å². The third-order valence-corrected chi connectivity index (χ3v) is 3.31. The van der Waals surface area contributed by atoms with E-state index in [0.717, 1.165) is 32.7 Å². The molecule has 0 aliphatic heterocycles. The zero-order chi connectivity index (χ0) is 12.3. The first-order valence-electron chi connectivity index (χ1n) is 7.24. The van der Waals surface area contributed by atoms with Crippen molar-refractivity contribution in [1.82, 2.24) is 0 Å². The molecular weight excluding hydrogens is 212 g/mol.